The summed E-state index contributed by atoms with van der Waals surface area (Å²) in [5, 5.41) is 3.37. The molecule has 3 aromatic rings. The van der Waals surface area contributed by atoms with Crippen LogP contribution in [0.15, 0.2) is 36.4 Å². The number of hydrogen-bond donors (Lipinski definition) is 2. The number of fused-ring (bicyclic) bond motifs is 1. The van der Waals surface area contributed by atoms with Gasteiger partial charge in [0, 0.05) is 0 Å². The number of pyridine rings is 1. The van der Waals surface area contributed by atoms with Gasteiger partial charge in [0.1, 0.15) is 0 Å². The van der Waals surface area contributed by atoms with Crippen molar-refractivity contribution in [2.24, 2.45) is 0 Å². The number of carbonyl (C=O) groups excluding carboxylic acids is 1. The van der Waals surface area contributed by atoms with E-state index in [1.165, 1.54) is 12.1 Å². The number of anilines is 2. The Morgan fingerprint density at radius 2 is 2.10 bits per heavy atom. The van der Waals surface area contributed by atoms with Crippen molar-refractivity contribution < 1.29 is 9.18 Å². The van der Waals surface area contributed by atoms with Crippen LogP contribution in [0.1, 0.15) is 0 Å². The van der Waals surface area contributed by atoms with Crippen molar-refractivity contribution in [1.82, 2.24) is 4.98 Å². The molecule has 0 bridgehead atoms. The molecule has 2 aromatic heterocycles. The fraction of sp³-hybridized carbons (Fsp3) is 0. The molecule has 0 spiro atoms. The van der Waals surface area contributed by atoms with E-state index >= 15 is 0 Å². The molecule has 3 N–H and O–H groups in total. The summed E-state index contributed by atoms with van der Waals surface area (Å²) in [5.41, 5.74) is 6.89. The van der Waals surface area contributed by atoms with Gasteiger partial charge in [-0.1, -0.05) is 0 Å². The first-order valence-electron chi connectivity index (χ1n) is 5.83. The quantitative estimate of drug-likeness (QED) is 0.570. The van der Waals surface area contributed by atoms with E-state index in [9.17, 15) is 9.18 Å². The number of hydrogen-bond acceptors (Lipinski definition) is 3. The van der Waals surface area contributed by atoms with E-state index in [4.69, 9.17) is 5.73 Å². The van der Waals surface area contributed by atoms with E-state index in [1.54, 1.807) is 18.2 Å². The predicted octanol–water partition coefficient (Wildman–Crippen LogP) is 2.25. The summed E-state index contributed by atoms with van der Waals surface area (Å²) in [4.78, 5) is 14.9. The minimum atomic E-state index is -0.245. The third kappa shape index (κ3) is 2.31. The Balaban J connectivity index is 2.10. The zero-order valence-corrected chi connectivity index (χ0v) is 12.0. The third-order valence-corrected chi connectivity index (χ3v) is 5.24. The number of benzene rings is 1. The van der Waals surface area contributed by atoms with Gasteiger partial charge in [-0.2, -0.15) is 0 Å². The summed E-state index contributed by atoms with van der Waals surface area (Å²) in [5.74, 6) is 0.0990. The van der Waals surface area contributed by atoms with Crippen LogP contribution in [0.3, 0.4) is 0 Å². The van der Waals surface area contributed by atoms with Crippen molar-refractivity contribution in [2.45, 2.75) is 0 Å². The summed E-state index contributed by atoms with van der Waals surface area (Å²) < 4.78 is 15.4. The van der Waals surface area contributed by atoms with Crippen LogP contribution in [0, 0.1) is 5.82 Å². The molecule has 0 aliphatic rings. The standard InChI is InChI=1S/C14H10FN3OSe/c15-9-1-4-12-8(5-9)6-13(20-12)11-3-2-10(16)14(18-11)17-7-19/h1-7H,16H2,(H,17,18,19). The molecule has 0 fully saturated rings. The van der Waals surface area contributed by atoms with E-state index in [1.807, 2.05) is 6.07 Å². The van der Waals surface area contributed by atoms with Gasteiger partial charge in [-0.3, -0.25) is 0 Å². The molecule has 0 saturated heterocycles. The van der Waals surface area contributed by atoms with Crippen LogP contribution < -0.4 is 11.1 Å². The third-order valence-electron chi connectivity index (χ3n) is 2.85. The minimum absolute atomic E-state index is 0.0740. The predicted molar refractivity (Wildman–Crippen MR) is 78.2 cm³/mol. The Labute approximate surface area is 120 Å². The second kappa shape index (κ2) is 5.07. The number of amides is 1. The van der Waals surface area contributed by atoms with Crippen molar-refractivity contribution in [3.05, 3.63) is 42.2 Å². The topological polar surface area (TPSA) is 68.0 Å². The van der Waals surface area contributed by atoms with Crippen molar-refractivity contribution in [3.63, 3.8) is 0 Å². The molecule has 1 aromatic carbocycles. The molecule has 3 rings (SSSR count). The van der Waals surface area contributed by atoms with Gasteiger partial charge in [-0.05, 0) is 0 Å². The molecule has 20 heavy (non-hydrogen) atoms. The molecule has 0 atom stereocenters. The van der Waals surface area contributed by atoms with Crippen LogP contribution in [0.5, 0.6) is 0 Å². The first-order valence-corrected chi connectivity index (χ1v) is 7.55. The van der Waals surface area contributed by atoms with Crippen molar-refractivity contribution in [2.75, 3.05) is 11.1 Å². The fourth-order valence-corrected chi connectivity index (χ4v) is 4.04. The average molecular weight is 334 g/mol. The number of rotatable bonds is 3. The van der Waals surface area contributed by atoms with E-state index in [0.717, 1.165) is 19.8 Å². The number of nitrogen functional groups attached to an aromatic ring is 1. The van der Waals surface area contributed by atoms with Crippen molar-refractivity contribution in [1.29, 1.82) is 0 Å². The van der Waals surface area contributed by atoms with E-state index in [0.29, 0.717) is 17.9 Å². The van der Waals surface area contributed by atoms with Crippen LogP contribution in [-0.4, -0.2) is 25.9 Å². The summed E-state index contributed by atoms with van der Waals surface area (Å²) in [7, 11) is 0. The number of nitrogens with zero attached hydrogens (tertiary/aromatic N) is 1. The average Bonchev–Trinajstić information content (AvgIpc) is 2.84. The molecule has 2 heterocycles. The van der Waals surface area contributed by atoms with Crippen LogP contribution in [0.4, 0.5) is 15.9 Å². The molecule has 1 amide bonds. The van der Waals surface area contributed by atoms with Gasteiger partial charge >= 0.3 is 120 Å². The number of aromatic nitrogens is 1. The molecule has 0 aliphatic carbocycles. The normalized spacial score (nSPS) is 10.7. The van der Waals surface area contributed by atoms with Gasteiger partial charge in [-0.15, -0.1) is 0 Å². The fourth-order valence-electron chi connectivity index (χ4n) is 1.92. The molecular formula is C14H10FN3OSe. The summed E-state index contributed by atoms with van der Waals surface area (Å²) in [6.07, 6.45) is 0.542. The molecular weight excluding hydrogens is 324 g/mol. The molecule has 0 unspecified atom stereocenters. The Hall–Kier alpha value is -2.17. The van der Waals surface area contributed by atoms with Gasteiger partial charge in [-0.25, -0.2) is 0 Å². The van der Waals surface area contributed by atoms with Gasteiger partial charge in [0.05, 0.1) is 0 Å². The Morgan fingerprint density at radius 3 is 2.90 bits per heavy atom. The summed E-state index contributed by atoms with van der Waals surface area (Å²) in [6.45, 7) is 0. The van der Waals surface area contributed by atoms with Gasteiger partial charge in [0.15, 0.2) is 0 Å². The Morgan fingerprint density at radius 1 is 1.25 bits per heavy atom. The van der Waals surface area contributed by atoms with Crippen LogP contribution in [0.2, 0.25) is 0 Å². The first-order chi connectivity index (χ1) is 9.67. The maximum atomic E-state index is 13.2. The van der Waals surface area contributed by atoms with Gasteiger partial charge in [0.25, 0.3) is 0 Å². The van der Waals surface area contributed by atoms with Gasteiger partial charge < -0.3 is 0 Å². The number of carbonyl (C=O) groups is 1. The van der Waals surface area contributed by atoms with E-state index in [-0.39, 0.29) is 20.3 Å². The molecule has 100 valence electrons. The SMILES string of the molecule is Nc1ccc(-c2cc3cc(F)ccc3[se]2)nc1NC=O. The molecule has 0 radical (unpaired) electrons. The van der Waals surface area contributed by atoms with Crippen LogP contribution >= 0.6 is 0 Å². The summed E-state index contributed by atoms with van der Waals surface area (Å²) >= 11 is 0.0740. The summed E-state index contributed by atoms with van der Waals surface area (Å²) in [6, 6.07) is 10.2. The second-order valence-corrected chi connectivity index (χ2v) is 6.46. The Kier molecular flexibility index (Phi) is 3.26. The molecule has 0 saturated carbocycles. The van der Waals surface area contributed by atoms with Gasteiger partial charge in [0.2, 0.25) is 0 Å². The monoisotopic (exact) mass is 335 g/mol. The number of nitrogens with two attached hydrogens (primary N) is 1. The first kappa shape index (κ1) is 12.8. The molecule has 0 aliphatic heterocycles. The zero-order valence-electron chi connectivity index (χ0n) is 10.3. The van der Waals surface area contributed by atoms with Crippen LogP contribution in [0.25, 0.3) is 19.8 Å². The van der Waals surface area contributed by atoms with E-state index in [2.05, 4.69) is 10.3 Å². The van der Waals surface area contributed by atoms with Crippen LogP contribution in [-0.2, 0) is 4.79 Å². The molecule has 4 nitrogen and oxygen atoms in total. The van der Waals surface area contributed by atoms with Crippen molar-refractivity contribution in [3.8, 4) is 10.1 Å². The maximum absolute atomic E-state index is 13.2. The Bertz CT molecular complexity index is 800. The number of halogens is 1. The van der Waals surface area contributed by atoms with E-state index < -0.39 is 0 Å². The second-order valence-electron chi connectivity index (χ2n) is 4.19. The van der Waals surface area contributed by atoms with Crippen molar-refractivity contribution >= 4 is 42.1 Å². The zero-order chi connectivity index (χ0) is 14.1. The molecule has 6 heteroatoms. The number of nitrogens with one attached hydrogen (secondary N) is 1.